The molecule has 0 spiro atoms. The molecule has 3 heterocycles. The third-order valence-electron chi connectivity index (χ3n) is 6.58. The first kappa shape index (κ1) is 25.8. The lowest BCUT2D eigenvalue weighted by atomic mass is 10.0. The fourth-order valence-electron chi connectivity index (χ4n) is 4.58. The van der Waals surface area contributed by atoms with Crippen molar-refractivity contribution in [2.75, 3.05) is 33.2 Å². The summed E-state index contributed by atoms with van der Waals surface area (Å²) in [5, 5.41) is 3.60. The Morgan fingerprint density at radius 3 is 2.69 bits per heavy atom. The van der Waals surface area contributed by atoms with E-state index in [0.717, 1.165) is 67.9 Å². The van der Waals surface area contributed by atoms with Crippen LogP contribution in [0.3, 0.4) is 0 Å². The summed E-state index contributed by atoms with van der Waals surface area (Å²) in [6.07, 6.45) is 12.6. The molecule has 3 aliphatic rings. The molecule has 190 valence electrons. The summed E-state index contributed by atoms with van der Waals surface area (Å²) in [5.74, 6) is 2.06. The van der Waals surface area contributed by atoms with Crippen molar-refractivity contribution in [1.82, 2.24) is 15.1 Å². The van der Waals surface area contributed by atoms with Gasteiger partial charge in [-0.05, 0) is 74.7 Å². The highest BCUT2D eigenvalue weighted by molar-refractivity contribution is 6.08. The molecule has 4 rings (SSSR count). The molecule has 0 saturated carbocycles. The van der Waals surface area contributed by atoms with Crippen molar-refractivity contribution in [3.05, 3.63) is 76.8 Å². The number of amidine groups is 2. The number of likely N-dealkylation sites (N-methyl/N-ethyl adjacent to an activating group) is 1. The number of dihydropyridines is 1. The number of guanidine groups is 1. The van der Waals surface area contributed by atoms with Crippen LogP contribution in [-0.4, -0.2) is 66.7 Å². The number of rotatable bonds is 4. The van der Waals surface area contributed by atoms with Crippen LogP contribution >= 0.6 is 0 Å². The number of hydrogen-bond acceptors (Lipinski definition) is 5. The SMILES string of the molecule is CC=CC1=CC(N=C2CC(CC)=C(C=Cc3cccc(F)c3)NC(N3CCN(C)CC3)=N2)=NC(C)C1. The van der Waals surface area contributed by atoms with Crippen molar-refractivity contribution in [2.24, 2.45) is 15.0 Å². The van der Waals surface area contributed by atoms with Gasteiger partial charge >= 0.3 is 0 Å². The molecule has 1 aromatic rings. The van der Waals surface area contributed by atoms with Gasteiger partial charge in [0, 0.05) is 38.3 Å². The lowest BCUT2D eigenvalue weighted by molar-refractivity contribution is 0.212. The van der Waals surface area contributed by atoms with Crippen molar-refractivity contribution < 1.29 is 4.39 Å². The van der Waals surface area contributed by atoms with Gasteiger partial charge < -0.3 is 15.1 Å². The average molecular weight is 489 g/mol. The Labute approximate surface area is 214 Å². The minimum Gasteiger partial charge on any atom is -0.340 e. The van der Waals surface area contributed by atoms with Crippen LogP contribution in [0, 0.1) is 5.82 Å². The Kier molecular flexibility index (Phi) is 8.65. The highest BCUT2D eigenvalue weighted by Gasteiger charge is 2.23. The lowest BCUT2D eigenvalue weighted by Crippen LogP contribution is -2.51. The molecule has 0 amide bonds. The van der Waals surface area contributed by atoms with Crippen LogP contribution < -0.4 is 5.32 Å². The first-order valence-corrected chi connectivity index (χ1v) is 12.9. The van der Waals surface area contributed by atoms with Crippen molar-refractivity contribution >= 4 is 23.7 Å². The molecular formula is C29H37FN6. The molecule has 1 fully saturated rings. The molecule has 1 unspecified atom stereocenters. The zero-order valence-corrected chi connectivity index (χ0v) is 21.8. The molecule has 1 aromatic carbocycles. The summed E-state index contributed by atoms with van der Waals surface area (Å²) in [6.45, 7) is 10.0. The summed E-state index contributed by atoms with van der Waals surface area (Å²) < 4.78 is 13.7. The van der Waals surface area contributed by atoms with E-state index in [1.54, 1.807) is 12.1 Å². The average Bonchev–Trinajstić information content (AvgIpc) is 3.02. The third kappa shape index (κ3) is 6.88. The van der Waals surface area contributed by atoms with Crippen LogP contribution in [0.5, 0.6) is 0 Å². The maximum atomic E-state index is 13.7. The first-order chi connectivity index (χ1) is 17.4. The predicted octanol–water partition coefficient (Wildman–Crippen LogP) is 5.19. The number of nitrogens with zero attached hydrogens (tertiary/aromatic N) is 5. The number of piperazine rings is 1. The molecule has 3 aliphatic heterocycles. The Morgan fingerprint density at radius 2 is 1.97 bits per heavy atom. The molecule has 36 heavy (non-hydrogen) atoms. The van der Waals surface area contributed by atoms with Crippen LogP contribution in [0.15, 0.2) is 80.4 Å². The van der Waals surface area contributed by atoms with Crippen LogP contribution in [0.25, 0.3) is 6.08 Å². The molecular weight excluding hydrogens is 451 g/mol. The summed E-state index contributed by atoms with van der Waals surface area (Å²) >= 11 is 0. The standard InChI is InChI=1S/C29H37FN6/c1-5-8-23-17-21(3)31-27(19-23)33-28-20-24(6-2)26(12-11-22-9-7-10-25(30)18-22)32-29(34-28)36-15-13-35(4)14-16-36/h5,7-12,18-19,21H,6,13-17,20H2,1-4H3,(H,31,32,33,34). The van der Waals surface area contributed by atoms with Gasteiger partial charge in [-0.25, -0.2) is 9.38 Å². The molecule has 0 aromatic heterocycles. The Balaban J connectivity index is 1.71. The number of allylic oxidation sites excluding steroid dienone is 3. The Hall–Kier alpha value is -3.32. The maximum absolute atomic E-state index is 13.7. The molecule has 1 saturated heterocycles. The molecule has 1 N–H and O–H groups in total. The zero-order chi connectivity index (χ0) is 25.5. The molecule has 0 bridgehead atoms. The van der Waals surface area contributed by atoms with Gasteiger partial charge in [0.15, 0.2) is 0 Å². The second kappa shape index (κ2) is 12.1. The van der Waals surface area contributed by atoms with E-state index in [-0.39, 0.29) is 11.9 Å². The minimum absolute atomic E-state index is 0.191. The number of aliphatic imine (C=N–C) groups is 3. The third-order valence-corrected chi connectivity index (χ3v) is 6.58. The normalized spacial score (nSPS) is 23.1. The van der Waals surface area contributed by atoms with Gasteiger partial charge in [-0.1, -0.05) is 37.3 Å². The Bertz CT molecular complexity index is 1160. The van der Waals surface area contributed by atoms with E-state index in [2.05, 4.69) is 54.2 Å². The number of nitrogens with one attached hydrogen (secondary N) is 1. The van der Waals surface area contributed by atoms with E-state index in [1.807, 2.05) is 25.1 Å². The van der Waals surface area contributed by atoms with Crippen LogP contribution in [0.2, 0.25) is 0 Å². The Morgan fingerprint density at radius 1 is 1.17 bits per heavy atom. The monoisotopic (exact) mass is 488 g/mol. The van der Waals surface area contributed by atoms with Gasteiger partial charge in [0.05, 0.1) is 6.04 Å². The van der Waals surface area contributed by atoms with Gasteiger partial charge in [-0.3, -0.25) is 4.99 Å². The van der Waals surface area contributed by atoms with Crippen LogP contribution in [0.4, 0.5) is 4.39 Å². The van der Waals surface area contributed by atoms with Gasteiger partial charge in [-0.15, -0.1) is 0 Å². The van der Waals surface area contributed by atoms with E-state index in [4.69, 9.17) is 15.0 Å². The van der Waals surface area contributed by atoms with Gasteiger partial charge in [0.2, 0.25) is 5.96 Å². The lowest BCUT2D eigenvalue weighted by Gasteiger charge is -2.34. The number of hydrogen-bond donors (Lipinski definition) is 1. The fourth-order valence-corrected chi connectivity index (χ4v) is 4.58. The predicted molar refractivity (Wildman–Crippen MR) is 149 cm³/mol. The molecule has 7 heteroatoms. The van der Waals surface area contributed by atoms with E-state index in [1.165, 1.54) is 17.2 Å². The highest BCUT2D eigenvalue weighted by Crippen LogP contribution is 2.21. The van der Waals surface area contributed by atoms with E-state index >= 15 is 0 Å². The van der Waals surface area contributed by atoms with Crippen LogP contribution in [0.1, 0.15) is 45.6 Å². The number of benzene rings is 1. The van der Waals surface area contributed by atoms with E-state index in [0.29, 0.717) is 6.42 Å². The zero-order valence-electron chi connectivity index (χ0n) is 21.8. The van der Waals surface area contributed by atoms with Crippen LogP contribution in [-0.2, 0) is 0 Å². The summed E-state index contributed by atoms with van der Waals surface area (Å²) in [4.78, 5) is 19.4. The van der Waals surface area contributed by atoms with Gasteiger partial charge in [0.25, 0.3) is 0 Å². The minimum atomic E-state index is -0.238. The first-order valence-electron chi connectivity index (χ1n) is 12.9. The smallest absolute Gasteiger partial charge is 0.205 e. The molecule has 0 aliphatic carbocycles. The number of halogens is 1. The summed E-state index contributed by atoms with van der Waals surface area (Å²) in [5.41, 5.74) is 4.26. The van der Waals surface area contributed by atoms with Crippen molar-refractivity contribution in [2.45, 2.75) is 46.1 Å². The summed E-state index contributed by atoms with van der Waals surface area (Å²) in [6, 6.07) is 6.83. The quantitative estimate of drug-likeness (QED) is 0.635. The van der Waals surface area contributed by atoms with Crippen molar-refractivity contribution in [1.29, 1.82) is 0 Å². The summed E-state index contributed by atoms with van der Waals surface area (Å²) in [7, 11) is 2.14. The van der Waals surface area contributed by atoms with Crippen molar-refractivity contribution in [3.63, 3.8) is 0 Å². The van der Waals surface area contributed by atoms with Gasteiger partial charge in [0.1, 0.15) is 17.5 Å². The molecule has 0 radical (unpaired) electrons. The molecule has 6 nitrogen and oxygen atoms in total. The van der Waals surface area contributed by atoms with Gasteiger partial charge in [-0.2, -0.15) is 4.99 Å². The van der Waals surface area contributed by atoms with E-state index in [9.17, 15) is 4.39 Å². The second-order valence-electron chi connectivity index (χ2n) is 9.57. The molecule has 1 atom stereocenters. The second-order valence-corrected chi connectivity index (χ2v) is 9.57. The van der Waals surface area contributed by atoms with Crippen molar-refractivity contribution in [3.8, 4) is 0 Å². The largest absolute Gasteiger partial charge is 0.340 e. The van der Waals surface area contributed by atoms with E-state index < -0.39 is 0 Å². The topological polar surface area (TPSA) is 55.6 Å². The maximum Gasteiger partial charge on any atom is 0.205 e. The highest BCUT2D eigenvalue weighted by atomic mass is 19.1. The fraction of sp³-hybridized carbons (Fsp3) is 0.414.